The van der Waals surface area contributed by atoms with Gasteiger partial charge in [0.2, 0.25) is 12.0 Å². The molecule has 39 heavy (non-hydrogen) atoms. The number of carbonyl (C=O) groups is 3. The molecule has 7 atom stereocenters. The Kier molecular flexibility index (Phi) is 9.42. The van der Waals surface area contributed by atoms with E-state index in [-0.39, 0.29) is 29.9 Å². The van der Waals surface area contributed by atoms with Crippen molar-refractivity contribution in [3.8, 4) is 11.5 Å². The summed E-state index contributed by atoms with van der Waals surface area (Å²) in [6.45, 7) is 0.672. The van der Waals surface area contributed by atoms with Gasteiger partial charge in [0.1, 0.15) is 24.4 Å². The number of aliphatic carboxylic acids is 3. The van der Waals surface area contributed by atoms with E-state index in [9.17, 15) is 55.2 Å². The molecule has 1 aliphatic carbocycles. The van der Waals surface area contributed by atoms with Crippen LogP contribution in [0, 0.1) is 5.92 Å². The minimum Gasteiger partial charge on any atom is -0.504 e. The van der Waals surface area contributed by atoms with Crippen molar-refractivity contribution >= 4 is 29.8 Å². The number of allylic oxidation sites excluding steroid dienone is 3. The van der Waals surface area contributed by atoms with E-state index in [2.05, 4.69) is 0 Å². The van der Waals surface area contributed by atoms with Crippen molar-refractivity contribution in [1.82, 2.24) is 0 Å². The number of aliphatic hydroxyl groups excluding tert-OH is 4. The molecule has 212 valence electrons. The lowest BCUT2D eigenvalue weighted by atomic mass is 9.85. The molecule has 1 fully saturated rings. The largest absolute Gasteiger partial charge is 0.504 e. The molecule has 0 spiro atoms. The average Bonchev–Trinajstić information content (AvgIpc) is 2.89. The highest BCUT2D eigenvalue weighted by Gasteiger charge is 2.45. The zero-order chi connectivity index (χ0) is 29.0. The van der Waals surface area contributed by atoms with Gasteiger partial charge in [-0.2, -0.15) is 4.58 Å². The molecule has 1 aromatic rings. The van der Waals surface area contributed by atoms with E-state index in [0.29, 0.717) is 5.57 Å². The lowest BCUT2D eigenvalue weighted by Crippen LogP contribution is -2.60. The highest BCUT2D eigenvalue weighted by Crippen LogP contribution is 2.34. The first-order chi connectivity index (χ1) is 18.3. The number of hydrogen-bond acceptors (Lipinski definition) is 10. The molecule has 1 saturated heterocycles. The van der Waals surface area contributed by atoms with Gasteiger partial charge in [-0.1, -0.05) is 0 Å². The number of phenolic OH excluding ortho intramolecular Hbond substituents is 1. The van der Waals surface area contributed by atoms with E-state index >= 15 is 0 Å². The van der Waals surface area contributed by atoms with Gasteiger partial charge in [-0.3, -0.25) is 4.79 Å². The minimum absolute atomic E-state index is 0.0228. The number of rotatable bonds is 9. The maximum absolute atomic E-state index is 11.8. The first-order valence-electron chi connectivity index (χ1n) is 11.9. The maximum atomic E-state index is 11.8. The Morgan fingerprint density at radius 3 is 2.36 bits per heavy atom. The molecule has 0 amide bonds. The van der Waals surface area contributed by atoms with Gasteiger partial charge in [0.15, 0.2) is 17.7 Å². The summed E-state index contributed by atoms with van der Waals surface area (Å²) in [5, 5.41) is 78.2. The monoisotopic (exact) mass is 552 g/mol. The van der Waals surface area contributed by atoms with E-state index in [1.807, 2.05) is 0 Å². The predicted molar refractivity (Wildman–Crippen MR) is 130 cm³/mol. The second kappa shape index (κ2) is 12.4. The fourth-order valence-corrected chi connectivity index (χ4v) is 4.19. The predicted octanol–water partition coefficient (Wildman–Crippen LogP) is -0.809. The normalized spacial score (nSPS) is 29.4. The Morgan fingerprint density at radius 1 is 1.10 bits per heavy atom. The molecule has 1 aromatic carbocycles. The number of benzene rings is 1. The van der Waals surface area contributed by atoms with Crippen LogP contribution in [-0.2, 0) is 19.1 Å². The highest BCUT2D eigenvalue weighted by atomic mass is 16.7. The molecular formula is C25H30NO13+. The Bertz CT molecular complexity index is 1200. The summed E-state index contributed by atoms with van der Waals surface area (Å²) in [7, 11) is 0. The topological polar surface area (TPSA) is 235 Å². The lowest BCUT2D eigenvalue weighted by molar-refractivity contribution is -0.463. The zero-order valence-corrected chi connectivity index (χ0v) is 20.7. The van der Waals surface area contributed by atoms with E-state index in [1.54, 1.807) is 0 Å². The molecular weight excluding hydrogens is 522 g/mol. The quantitative estimate of drug-likeness (QED) is 0.138. The van der Waals surface area contributed by atoms with Crippen molar-refractivity contribution in [2.45, 2.75) is 56.5 Å². The standard InChI is InChI=1S/C25H29NO13/c1-11(22(32)33)26(5-4-12-6-13(23(34)35)8-14(7-12)24(36)37)15-2-3-17(16(28)9-15)38-25-21(31)20(30)19(29)18(10-27)39-25/h2-6,9,11,14,18-21,25,27,29-31H,7-8,10H2,1H3,(H3-,28,32,33,34,35,36,37)/p+1/b12-4-,26-5?/t11-,14+,18+,19+,20-,21+,25+/m0/s1. The molecule has 0 saturated carbocycles. The number of ether oxygens (including phenoxy) is 2. The molecule has 2 aliphatic rings. The molecule has 0 aromatic heterocycles. The molecule has 8 N–H and O–H groups in total. The van der Waals surface area contributed by atoms with Gasteiger partial charge in [-0.15, -0.1) is 0 Å². The van der Waals surface area contributed by atoms with Gasteiger partial charge >= 0.3 is 17.9 Å². The molecule has 3 rings (SSSR count). The molecule has 0 bridgehead atoms. The number of phenols is 1. The molecule has 0 unspecified atom stereocenters. The first kappa shape index (κ1) is 29.7. The highest BCUT2D eigenvalue weighted by molar-refractivity contribution is 5.89. The Morgan fingerprint density at radius 2 is 1.79 bits per heavy atom. The van der Waals surface area contributed by atoms with Crippen molar-refractivity contribution < 1.29 is 69.3 Å². The van der Waals surface area contributed by atoms with Gasteiger partial charge in [-0.05, 0) is 30.6 Å². The van der Waals surface area contributed by atoms with Gasteiger partial charge in [-0.25, -0.2) is 9.59 Å². The third-order valence-electron chi connectivity index (χ3n) is 6.49. The van der Waals surface area contributed by atoms with E-state index < -0.39 is 72.9 Å². The summed E-state index contributed by atoms with van der Waals surface area (Å²) >= 11 is 0. The summed E-state index contributed by atoms with van der Waals surface area (Å²) in [6, 6.07) is 2.57. The third-order valence-corrected chi connectivity index (χ3v) is 6.49. The van der Waals surface area contributed by atoms with E-state index in [1.165, 1.54) is 42.0 Å². The van der Waals surface area contributed by atoms with Crippen molar-refractivity contribution in [2.24, 2.45) is 5.92 Å². The number of nitrogens with zero attached hydrogens (tertiary/aromatic N) is 1. The van der Waals surface area contributed by atoms with Crippen LogP contribution in [0.5, 0.6) is 11.5 Å². The van der Waals surface area contributed by atoms with Gasteiger partial charge in [0.05, 0.1) is 18.6 Å². The third kappa shape index (κ3) is 6.79. The Labute approximate surface area is 221 Å². The van der Waals surface area contributed by atoms with E-state index in [4.69, 9.17) is 9.47 Å². The number of carboxylic acids is 3. The van der Waals surface area contributed by atoms with Crippen LogP contribution < -0.4 is 4.74 Å². The fourth-order valence-electron chi connectivity index (χ4n) is 4.19. The summed E-state index contributed by atoms with van der Waals surface area (Å²) in [4.78, 5) is 34.7. The smallest absolute Gasteiger partial charge is 0.373 e. The van der Waals surface area contributed by atoms with Crippen LogP contribution in [-0.4, -0.2) is 113 Å². The Hall–Kier alpha value is -3.82. The number of aromatic hydroxyl groups is 1. The number of carboxylic acid groups (broad SMARTS) is 3. The van der Waals surface area contributed by atoms with Crippen LogP contribution in [0.1, 0.15) is 19.8 Å². The van der Waals surface area contributed by atoms with Crippen molar-refractivity contribution in [3.05, 3.63) is 41.5 Å². The van der Waals surface area contributed by atoms with Gasteiger partial charge < -0.3 is 50.3 Å². The maximum Gasteiger partial charge on any atom is 0.373 e. The zero-order valence-electron chi connectivity index (χ0n) is 20.7. The molecule has 1 aliphatic heterocycles. The van der Waals surface area contributed by atoms with Crippen LogP contribution in [0.2, 0.25) is 0 Å². The van der Waals surface area contributed by atoms with E-state index in [0.717, 1.165) is 6.07 Å². The van der Waals surface area contributed by atoms with Crippen LogP contribution in [0.3, 0.4) is 0 Å². The summed E-state index contributed by atoms with van der Waals surface area (Å²) < 4.78 is 11.9. The molecule has 14 heteroatoms. The van der Waals surface area contributed by atoms with Crippen molar-refractivity contribution in [3.63, 3.8) is 0 Å². The average molecular weight is 553 g/mol. The molecule has 1 heterocycles. The summed E-state index contributed by atoms with van der Waals surface area (Å²) in [6.07, 6.45) is -3.91. The summed E-state index contributed by atoms with van der Waals surface area (Å²) in [5.41, 5.74) is 0.410. The molecule has 14 nitrogen and oxygen atoms in total. The number of hydrogen-bond donors (Lipinski definition) is 8. The van der Waals surface area contributed by atoms with Crippen LogP contribution in [0.15, 0.2) is 41.5 Å². The van der Waals surface area contributed by atoms with Crippen LogP contribution >= 0.6 is 0 Å². The summed E-state index contributed by atoms with van der Waals surface area (Å²) in [5.74, 6) is -5.36. The van der Waals surface area contributed by atoms with Gasteiger partial charge in [0, 0.05) is 24.6 Å². The SMILES string of the molecule is C[C@@H](C(=O)O)[N+](=C/C=C1/C=C(C(=O)O)C[C@H](C(=O)O)C1)c1ccc(O[C@@H]2O[C@H](CO)[C@@H](O)[C@H](O)[C@H]2O)c(O)c1. The van der Waals surface area contributed by atoms with Crippen LogP contribution in [0.4, 0.5) is 5.69 Å². The number of aliphatic hydroxyl groups is 4. The Balaban J connectivity index is 1.93. The fraction of sp³-hybridized carbons (Fsp3) is 0.440. The minimum atomic E-state index is -1.72. The first-order valence-corrected chi connectivity index (χ1v) is 11.9. The molecule has 0 radical (unpaired) electrons. The lowest BCUT2D eigenvalue weighted by Gasteiger charge is -2.39. The van der Waals surface area contributed by atoms with Gasteiger partial charge in [0.25, 0.3) is 6.04 Å². The van der Waals surface area contributed by atoms with Crippen molar-refractivity contribution in [1.29, 1.82) is 0 Å². The second-order valence-corrected chi connectivity index (χ2v) is 9.20. The van der Waals surface area contributed by atoms with Crippen molar-refractivity contribution in [2.75, 3.05) is 6.61 Å². The second-order valence-electron chi connectivity index (χ2n) is 9.20. The van der Waals surface area contributed by atoms with Crippen LogP contribution in [0.25, 0.3) is 0 Å².